The first-order chi connectivity index (χ1) is 7.07. The van der Waals surface area contributed by atoms with E-state index in [1.807, 2.05) is 0 Å². The first kappa shape index (κ1) is 10.8. The summed E-state index contributed by atoms with van der Waals surface area (Å²) in [5.41, 5.74) is 11.0. The van der Waals surface area contributed by atoms with Gasteiger partial charge in [-0.25, -0.2) is 0 Å². The molecule has 0 unspecified atom stereocenters. The molecule has 0 aromatic heterocycles. The van der Waals surface area contributed by atoms with Crippen LogP contribution in [-0.2, 0) is 0 Å². The van der Waals surface area contributed by atoms with E-state index in [0.717, 1.165) is 0 Å². The van der Waals surface area contributed by atoms with E-state index in [4.69, 9.17) is 11.5 Å². The van der Waals surface area contributed by atoms with Crippen molar-refractivity contribution in [3.8, 4) is 11.8 Å². The standard InChI is InChI=1S/C11H10N2O2/c1-2-4-7-8(10(12)14)5-3-6-9(7)11(13)15/h3,5-6H,1H3,(H2,12,14)(H2,13,15). The molecule has 1 aromatic carbocycles. The van der Waals surface area contributed by atoms with Gasteiger partial charge in [0.15, 0.2) is 0 Å². The number of benzene rings is 1. The van der Waals surface area contributed by atoms with Gasteiger partial charge in [-0.15, -0.1) is 5.92 Å². The van der Waals surface area contributed by atoms with Crippen molar-refractivity contribution in [2.45, 2.75) is 6.92 Å². The number of carbonyl (C=O) groups is 2. The molecule has 15 heavy (non-hydrogen) atoms. The molecule has 1 rings (SSSR count). The second kappa shape index (κ2) is 4.29. The minimum atomic E-state index is -0.629. The molecular weight excluding hydrogens is 192 g/mol. The summed E-state index contributed by atoms with van der Waals surface area (Å²) in [4.78, 5) is 22.1. The van der Waals surface area contributed by atoms with Crippen LogP contribution in [0.4, 0.5) is 0 Å². The lowest BCUT2D eigenvalue weighted by Gasteiger charge is -2.04. The highest BCUT2D eigenvalue weighted by Crippen LogP contribution is 2.13. The van der Waals surface area contributed by atoms with E-state index in [1.54, 1.807) is 13.0 Å². The van der Waals surface area contributed by atoms with E-state index >= 15 is 0 Å². The average Bonchev–Trinajstić information content (AvgIpc) is 2.17. The SMILES string of the molecule is CC#Cc1c(C(N)=O)cccc1C(N)=O. The van der Waals surface area contributed by atoms with Crippen molar-refractivity contribution in [3.05, 3.63) is 34.9 Å². The van der Waals surface area contributed by atoms with Gasteiger partial charge in [0.05, 0.1) is 11.1 Å². The quantitative estimate of drug-likeness (QED) is 0.674. The summed E-state index contributed by atoms with van der Waals surface area (Å²) in [6, 6.07) is 4.56. The molecule has 2 amide bonds. The van der Waals surface area contributed by atoms with Crippen LogP contribution < -0.4 is 11.5 Å². The summed E-state index contributed by atoms with van der Waals surface area (Å²) in [5.74, 6) is 4.01. The predicted octanol–water partition coefficient (Wildman–Crippen LogP) is 0.256. The molecule has 1 aromatic rings. The van der Waals surface area contributed by atoms with E-state index in [2.05, 4.69) is 11.8 Å². The number of carbonyl (C=O) groups excluding carboxylic acids is 2. The third-order valence-electron chi connectivity index (χ3n) is 1.85. The van der Waals surface area contributed by atoms with E-state index < -0.39 is 11.8 Å². The lowest BCUT2D eigenvalue weighted by molar-refractivity contribution is 0.0999. The van der Waals surface area contributed by atoms with Gasteiger partial charge in [0.1, 0.15) is 0 Å². The largest absolute Gasteiger partial charge is 0.366 e. The normalized spacial score (nSPS) is 8.87. The van der Waals surface area contributed by atoms with Crippen LogP contribution in [0, 0.1) is 11.8 Å². The fourth-order valence-corrected chi connectivity index (χ4v) is 1.22. The molecule has 0 aliphatic rings. The molecule has 0 aliphatic carbocycles. The van der Waals surface area contributed by atoms with Gasteiger partial charge in [-0.05, 0) is 19.1 Å². The third kappa shape index (κ3) is 2.15. The number of hydrogen-bond donors (Lipinski definition) is 2. The van der Waals surface area contributed by atoms with Crippen LogP contribution in [0.25, 0.3) is 0 Å². The van der Waals surface area contributed by atoms with E-state index in [-0.39, 0.29) is 11.1 Å². The molecule has 4 N–H and O–H groups in total. The van der Waals surface area contributed by atoms with Crippen molar-refractivity contribution in [3.63, 3.8) is 0 Å². The highest BCUT2D eigenvalue weighted by Gasteiger charge is 2.13. The Kier molecular flexibility index (Phi) is 3.09. The molecule has 0 radical (unpaired) electrons. The van der Waals surface area contributed by atoms with Gasteiger partial charge in [-0.1, -0.05) is 12.0 Å². The first-order valence-electron chi connectivity index (χ1n) is 4.23. The Morgan fingerprint density at radius 3 is 1.93 bits per heavy atom. The van der Waals surface area contributed by atoms with Crippen LogP contribution in [0.5, 0.6) is 0 Å². The molecular formula is C11H10N2O2. The van der Waals surface area contributed by atoms with E-state index in [1.165, 1.54) is 12.1 Å². The Morgan fingerprint density at radius 2 is 1.60 bits per heavy atom. The summed E-state index contributed by atoms with van der Waals surface area (Å²) in [7, 11) is 0. The molecule has 4 heteroatoms. The molecule has 0 fully saturated rings. The number of rotatable bonds is 2. The summed E-state index contributed by atoms with van der Waals surface area (Å²) < 4.78 is 0. The fraction of sp³-hybridized carbons (Fsp3) is 0.0909. The molecule has 0 saturated carbocycles. The first-order valence-corrected chi connectivity index (χ1v) is 4.23. The lowest BCUT2D eigenvalue weighted by atomic mass is 10.0. The van der Waals surface area contributed by atoms with Crippen LogP contribution in [0.1, 0.15) is 33.2 Å². The zero-order valence-corrected chi connectivity index (χ0v) is 8.20. The van der Waals surface area contributed by atoms with Crippen molar-refractivity contribution in [2.75, 3.05) is 0 Å². The highest BCUT2D eigenvalue weighted by atomic mass is 16.1. The predicted molar refractivity (Wildman–Crippen MR) is 56.0 cm³/mol. The van der Waals surface area contributed by atoms with Crippen LogP contribution in [-0.4, -0.2) is 11.8 Å². The van der Waals surface area contributed by atoms with Crippen molar-refractivity contribution in [1.29, 1.82) is 0 Å². The highest BCUT2D eigenvalue weighted by molar-refractivity contribution is 6.02. The number of primary amides is 2. The van der Waals surface area contributed by atoms with Crippen molar-refractivity contribution in [1.82, 2.24) is 0 Å². The second-order valence-electron chi connectivity index (χ2n) is 2.83. The maximum atomic E-state index is 11.1. The molecule has 76 valence electrons. The van der Waals surface area contributed by atoms with Gasteiger partial charge in [-0.3, -0.25) is 9.59 Å². The summed E-state index contributed by atoms with van der Waals surface area (Å²) in [6.45, 7) is 1.60. The zero-order chi connectivity index (χ0) is 11.4. The maximum Gasteiger partial charge on any atom is 0.249 e. The Bertz CT molecular complexity index is 449. The molecule has 0 atom stereocenters. The molecule has 0 aliphatic heterocycles. The van der Waals surface area contributed by atoms with Crippen LogP contribution in [0.2, 0.25) is 0 Å². The molecule has 0 heterocycles. The Morgan fingerprint density at radius 1 is 1.13 bits per heavy atom. The van der Waals surface area contributed by atoms with Gasteiger partial charge < -0.3 is 11.5 Å². The number of amides is 2. The summed E-state index contributed by atoms with van der Waals surface area (Å²) in [6.07, 6.45) is 0. The van der Waals surface area contributed by atoms with Crippen molar-refractivity contribution in [2.24, 2.45) is 11.5 Å². The lowest BCUT2D eigenvalue weighted by Crippen LogP contribution is -2.18. The van der Waals surface area contributed by atoms with E-state index in [0.29, 0.717) is 5.56 Å². The Balaban J connectivity index is 3.53. The number of hydrogen-bond acceptors (Lipinski definition) is 2. The van der Waals surface area contributed by atoms with Gasteiger partial charge in [0.2, 0.25) is 11.8 Å². The van der Waals surface area contributed by atoms with E-state index in [9.17, 15) is 9.59 Å². The van der Waals surface area contributed by atoms with Crippen LogP contribution in [0.3, 0.4) is 0 Å². The average molecular weight is 202 g/mol. The fourth-order valence-electron chi connectivity index (χ4n) is 1.22. The van der Waals surface area contributed by atoms with Gasteiger partial charge in [-0.2, -0.15) is 0 Å². The molecule has 0 spiro atoms. The smallest absolute Gasteiger partial charge is 0.249 e. The van der Waals surface area contributed by atoms with Gasteiger partial charge in [0, 0.05) is 5.56 Å². The minimum Gasteiger partial charge on any atom is -0.366 e. The summed E-state index contributed by atoms with van der Waals surface area (Å²) in [5, 5.41) is 0. The van der Waals surface area contributed by atoms with Crippen LogP contribution >= 0.6 is 0 Å². The van der Waals surface area contributed by atoms with Crippen molar-refractivity contribution >= 4 is 11.8 Å². The van der Waals surface area contributed by atoms with Gasteiger partial charge >= 0.3 is 0 Å². The summed E-state index contributed by atoms with van der Waals surface area (Å²) >= 11 is 0. The molecule has 0 bridgehead atoms. The molecule has 0 saturated heterocycles. The maximum absolute atomic E-state index is 11.1. The van der Waals surface area contributed by atoms with Crippen LogP contribution in [0.15, 0.2) is 18.2 Å². The Labute approximate surface area is 87.3 Å². The Hall–Kier alpha value is -2.28. The monoisotopic (exact) mass is 202 g/mol. The van der Waals surface area contributed by atoms with Crippen molar-refractivity contribution < 1.29 is 9.59 Å². The topological polar surface area (TPSA) is 86.2 Å². The number of nitrogens with two attached hydrogens (primary N) is 2. The second-order valence-corrected chi connectivity index (χ2v) is 2.83. The third-order valence-corrected chi connectivity index (χ3v) is 1.85. The zero-order valence-electron chi connectivity index (χ0n) is 8.20. The minimum absolute atomic E-state index is 0.209. The van der Waals surface area contributed by atoms with Gasteiger partial charge in [0.25, 0.3) is 0 Å². The molecule has 4 nitrogen and oxygen atoms in total.